The molecule has 0 aliphatic carbocycles. The lowest BCUT2D eigenvalue weighted by Crippen LogP contribution is -2.30. The Labute approximate surface area is 135 Å². The summed E-state index contributed by atoms with van der Waals surface area (Å²) in [6.07, 6.45) is 1.61. The normalized spacial score (nSPS) is 16.3. The summed E-state index contributed by atoms with van der Waals surface area (Å²) in [5.74, 6) is 0.887. The van der Waals surface area contributed by atoms with Crippen molar-refractivity contribution in [1.29, 1.82) is 0 Å². The summed E-state index contributed by atoms with van der Waals surface area (Å²) in [5.41, 5.74) is 1.73. The van der Waals surface area contributed by atoms with Crippen LogP contribution in [0.15, 0.2) is 48.5 Å². The molecule has 3 nitrogen and oxygen atoms in total. The molecule has 0 radical (unpaired) electrons. The summed E-state index contributed by atoms with van der Waals surface area (Å²) in [6.45, 7) is 1.27. The van der Waals surface area contributed by atoms with Crippen LogP contribution >= 0.6 is 0 Å². The van der Waals surface area contributed by atoms with E-state index in [0.29, 0.717) is 31.6 Å². The Bertz CT molecular complexity index is 687. The van der Waals surface area contributed by atoms with E-state index in [-0.39, 0.29) is 17.6 Å². The Morgan fingerprint density at radius 1 is 1.17 bits per heavy atom. The van der Waals surface area contributed by atoms with Gasteiger partial charge in [0.2, 0.25) is 5.91 Å². The minimum atomic E-state index is -0.251. The topological polar surface area (TPSA) is 38.3 Å². The molecule has 2 aromatic rings. The Hall–Kier alpha value is -2.36. The van der Waals surface area contributed by atoms with E-state index in [1.54, 1.807) is 18.2 Å². The minimum Gasteiger partial charge on any atom is -0.493 e. The SMILES string of the molecule is O=C(CCc1ccccc1F)NCC1CCOc2ccccc21. The van der Waals surface area contributed by atoms with Crippen LogP contribution in [-0.2, 0) is 11.2 Å². The summed E-state index contributed by atoms with van der Waals surface area (Å²) < 4.78 is 19.2. The predicted molar refractivity (Wildman–Crippen MR) is 87.0 cm³/mol. The van der Waals surface area contributed by atoms with Gasteiger partial charge < -0.3 is 10.1 Å². The van der Waals surface area contributed by atoms with Gasteiger partial charge in [0, 0.05) is 18.9 Å². The molecule has 1 amide bonds. The van der Waals surface area contributed by atoms with Crippen LogP contribution in [0.5, 0.6) is 5.75 Å². The van der Waals surface area contributed by atoms with Crippen molar-refractivity contribution in [2.45, 2.75) is 25.2 Å². The van der Waals surface area contributed by atoms with Crippen LogP contribution in [0.1, 0.15) is 29.9 Å². The maximum absolute atomic E-state index is 13.5. The molecule has 0 aromatic heterocycles. The van der Waals surface area contributed by atoms with Crippen LogP contribution in [0.25, 0.3) is 0 Å². The first kappa shape index (κ1) is 15.5. The molecule has 1 heterocycles. The lowest BCUT2D eigenvalue weighted by atomic mass is 9.93. The average Bonchev–Trinajstić information content (AvgIpc) is 2.59. The van der Waals surface area contributed by atoms with E-state index in [9.17, 15) is 9.18 Å². The van der Waals surface area contributed by atoms with Gasteiger partial charge in [-0.1, -0.05) is 36.4 Å². The fraction of sp³-hybridized carbons (Fsp3) is 0.316. The van der Waals surface area contributed by atoms with Gasteiger partial charge in [-0.2, -0.15) is 0 Å². The van der Waals surface area contributed by atoms with Crippen LogP contribution < -0.4 is 10.1 Å². The standard InChI is InChI=1S/C19H20FNO2/c20-17-7-3-1-5-14(17)9-10-19(22)21-13-15-11-12-23-18-8-4-2-6-16(15)18/h1-8,15H,9-13H2,(H,21,22). The number of fused-ring (bicyclic) bond motifs is 1. The van der Waals surface area contributed by atoms with Crippen LogP contribution in [-0.4, -0.2) is 19.1 Å². The van der Waals surface area contributed by atoms with Crippen LogP contribution in [0.3, 0.4) is 0 Å². The van der Waals surface area contributed by atoms with Gasteiger partial charge in [-0.05, 0) is 36.1 Å². The zero-order chi connectivity index (χ0) is 16.1. The molecular weight excluding hydrogens is 293 g/mol. The quantitative estimate of drug-likeness (QED) is 0.918. The highest BCUT2D eigenvalue weighted by Crippen LogP contribution is 2.32. The average molecular weight is 313 g/mol. The number of hydrogen-bond acceptors (Lipinski definition) is 2. The predicted octanol–water partition coefficient (Wildman–Crippen LogP) is 3.44. The monoisotopic (exact) mass is 313 g/mol. The molecule has 1 N–H and O–H groups in total. The van der Waals surface area contributed by atoms with Crippen molar-refractivity contribution in [2.24, 2.45) is 0 Å². The summed E-state index contributed by atoms with van der Waals surface area (Å²) in [5, 5.41) is 2.97. The summed E-state index contributed by atoms with van der Waals surface area (Å²) in [7, 11) is 0. The Balaban J connectivity index is 1.51. The molecule has 23 heavy (non-hydrogen) atoms. The third kappa shape index (κ3) is 3.89. The lowest BCUT2D eigenvalue weighted by molar-refractivity contribution is -0.121. The molecule has 0 bridgehead atoms. The molecule has 3 rings (SSSR count). The highest BCUT2D eigenvalue weighted by molar-refractivity contribution is 5.76. The maximum atomic E-state index is 13.5. The summed E-state index contributed by atoms with van der Waals surface area (Å²) in [6, 6.07) is 14.5. The van der Waals surface area contributed by atoms with E-state index in [4.69, 9.17) is 4.74 Å². The first-order chi connectivity index (χ1) is 11.2. The molecule has 0 saturated carbocycles. The number of aryl methyl sites for hydroxylation is 1. The maximum Gasteiger partial charge on any atom is 0.220 e. The van der Waals surface area contributed by atoms with Gasteiger partial charge in [0.15, 0.2) is 0 Å². The molecule has 0 saturated heterocycles. The second kappa shape index (κ2) is 7.27. The van der Waals surface area contributed by atoms with Crippen molar-refractivity contribution in [2.75, 3.05) is 13.2 Å². The largest absolute Gasteiger partial charge is 0.493 e. The molecule has 1 atom stereocenters. The van der Waals surface area contributed by atoms with E-state index in [2.05, 4.69) is 5.32 Å². The Morgan fingerprint density at radius 2 is 1.96 bits per heavy atom. The van der Waals surface area contributed by atoms with Crippen molar-refractivity contribution in [1.82, 2.24) is 5.32 Å². The molecule has 4 heteroatoms. The van der Waals surface area contributed by atoms with E-state index < -0.39 is 0 Å². The number of carbonyl (C=O) groups is 1. The first-order valence-corrected chi connectivity index (χ1v) is 7.96. The highest BCUT2D eigenvalue weighted by atomic mass is 19.1. The van der Waals surface area contributed by atoms with E-state index >= 15 is 0 Å². The first-order valence-electron chi connectivity index (χ1n) is 7.96. The second-order valence-electron chi connectivity index (χ2n) is 5.77. The third-order valence-electron chi connectivity index (χ3n) is 4.21. The number of nitrogens with one attached hydrogen (secondary N) is 1. The Kier molecular flexibility index (Phi) is 4.91. The second-order valence-corrected chi connectivity index (χ2v) is 5.77. The van der Waals surface area contributed by atoms with Crippen LogP contribution in [0, 0.1) is 5.82 Å². The number of ether oxygens (including phenoxy) is 1. The Morgan fingerprint density at radius 3 is 2.83 bits per heavy atom. The van der Waals surface area contributed by atoms with Gasteiger partial charge >= 0.3 is 0 Å². The van der Waals surface area contributed by atoms with E-state index in [1.165, 1.54) is 6.07 Å². The molecule has 0 spiro atoms. The zero-order valence-corrected chi connectivity index (χ0v) is 12.9. The number of carbonyl (C=O) groups excluding carboxylic acids is 1. The van der Waals surface area contributed by atoms with E-state index in [0.717, 1.165) is 17.7 Å². The van der Waals surface area contributed by atoms with Crippen molar-refractivity contribution >= 4 is 5.91 Å². The highest BCUT2D eigenvalue weighted by Gasteiger charge is 2.21. The summed E-state index contributed by atoms with van der Waals surface area (Å²) in [4.78, 5) is 12.0. The summed E-state index contributed by atoms with van der Waals surface area (Å²) >= 11 is 0. The number of hydrogen-bond donors (Lipinski definition) is 1. The lowest BCUT2D eigenvalue weighted by Gasteiger charge is -2.26. The molecule has 1 aliphatic heterocycles. The van der Waals surface area contributed by atoms with Gasteiger partial charge in [0.05, 0.1) is 6.61 Å². The number of halogens is 1. The number of benzene rings is 2. The van der Waals surface area contributed by atoms with Crippen LogP contribution in [0.2, 0.25) is 0 Å². The van der Waals surface area contributed by atoms with Crippen molar-refractivity contribution in [3.8, 4) is 5.75 Å². The fourth-order valence-corrected chi connectivity index (χ4v) is 2.90. The van der Waals surface area contributed by atoms with Gasteiger partial charge in [-0.3, -0.25) is 4.79 Å². The van der Waals surface area contributed by atoms with Gasteiger partial charge in [0.25, 0.3) is 0 Å². The van der Waals surface area contributed by atoms with Gasteiger partial charge in [-0.25, -0.2) is 4.39 Å². The zero-order valence-electron chi connectivity index (χ0n) is 12.9. The smallest absolute Gasteiger partial charge is 0.220 e. The third-order valence-corrected chi connectivity index (χ3v) is 4.21. The fourth-order valence-electron chi connectivity index (χ4n) is 2.90. The molecule has 0 fully saturated rings. The molecule has 120 valence electrons. The number of para-hydroxylation sites is 1. The number of rotatable bonds is 5. The van der Waals surface area contributed by atoms with Crippen LogP contribution in [0.4, 0.5) is 4.39 Å². The van der Waals surface area contributed by atoms with E-state index in [1.807, 2.05) is 24.3 Å². The molecular formula is C19H20FNO2. The van der Waals surface area contributed by atoms with Gasteiger partial charge in [-0.15, -0.1) is 0 Å². The van der Waals surface area contributed by atoms with Crippen molar-refractivity contribution < 1.29 is 13.9 Å². The van der Waals surface area contributed by atoms with Gasteiger partial charge in [0.1, 0.15) is 11.6 Å². The molecule has 1 unspecified atom stereocenters. The molecule has 2 aromatic carbocycles. The minimum absolute atomic E-state index is 0.0442. The van der Waals surface area contributed by atoms with Crippen molar-refractivity contribution in [3.05, 3.63) is 65.5 Å². The number of amides is 1. The molecule has 1 aliphatic rings. The van der Waals surface area contributed by atoms with Crippen molar-refractivity contribution in [3.63, 3.8) is 0 Å².